The Morgan fingerprint density at radius 2 is 2.00 bits per heavy atom. The molecule has 3 unspecified atom stereocenters. The van der Waals surface area contributed by atoms with Crippen molar-refractivity contribution in [3.63, 3.8) is 0 Å². The van der Waals surface area contributed by atoms with Crippen LogP contribution in [0, 0.1) is 0 Å². The zero-order chi connectivity index (χ0) is 20.6. The lowest BCUT2D eigenvalue weighted by Crippen LogP contribution is -2.47. The number of nitrogens with zero attached hydrogens (tertiary/aromatic N) is 2. The molecule has 160 valence electrons. The lowest BCUT2D eigenvalue weighted by atomic mass is 9.96. The summed E-state index contributed by atoms with van der Waals surface area (Å²) >= 11 is 0. The highest BCUT2D eigenvalue weighted by molar-refractivity contribution is 5.80. The Kier molecular flexibility index (Phi) is 7.03. The largest absolute Gasteiger partial charge is 0.490 e. The van der Waals surface area contributed by atoms with E-state index in [1.165, 1.54) is 6.42 Å². The molecule has 0 saturated carbocycles. The smallest absolute Gasteiger partial charge is 0.213 e. The molecule has 0 aliphatic carbocycles. The van der Waals surface area contributed by atoms with Crippen LogP contribution in [-0.2, 0) is 11.3 Å². The number of rotatable bonds is 9. The van der Waals surface area contributed by atoms with E-state index in [2.05, 4.69) is 22.5 Å². The Bertz CT molecular complexity index is 813. The minimum absolute atomic E-state index is 0.322. The van der Waals surface area contributed by atoms with Crippen LogP contribution in [0.3, 0.4) is 0 Å². The van der Waals surface area contributed by atoms with Gasteiger partial charge < -0.3 is 24.8 Å². The zero-order valence-corrected chi connectivity index (χ0v) is 17.4. The lowest BCUT2D eigenvalue weighted by Gasteiger charge is -2.22. The summed E-state index contributed by atoms with van der Waals surface area (Å²) in [7, 11) is 0. The van der Waals surface area contributed by atoms with Gasteiger partial charge in [0.1, 0.15) is 19.0 Å². The summed E-state index contributed by atoms with van der Waals surface area (Å²) in [6, 6.07) is 13.9. The van der Waals surface area contributed by atoms with Gasteiger partial charge in [0.25, 0.3) is 0 Å². The molecule has 7 heteroatoms. The van der Waals surface area contributed by atoms with Crippen LogP contribution in [0.2, 0.25) is 0 Å². The molecule has 0 amide bonds. The first kappa shape index (κ1) is 20.5. The number of hydrogen-bond acceptors (Lipinski definition) is 5. The molecule has 2 aromatic rings. The van der Waals surface area contributed by atoms with E-state index in [0.717, 1.165) is 36.7 Å². The van der Waals surface area contributed by atoms with E-state index in [0.29, 0.717) is 43.9 Å². The van der Waals surface area contributed by atoms with Gasteiger partial charge in [0, 0.05) is 18.8 Å². The van der Waals surface area contributed by atoms with E-state index in [-0.39, 0.29) is 0 Å². The predicted octanol–water partition coefficient (Wildman–Crippen LogP) is 2.91. The fourth-order valence-electron chi connectivity index (χ4n) is 3.87. The van der Waals surface area contributed by atoms with Crippen molar-refractivity contribution in [3.05, 3.63) is 54.2 Å². The number of aromatic nitrogens is 1. The molecule has 2 bridgehead atoms. The molecule has 0 spiro atoms. The number of benzene rings is 1. The maximum absolute atomic E-state index is 5.93. The van der Waals surface area contributed by atoms with E-state index in [1.807, 2.05) is 42.5 Å². The number of ether oxygens (including phenoxy) is 3. The quantitative estimate of drug-likeness (QED) is 0.376. The van der Waals surface area contributed by atoms with Crippen molar-refractivity contribution in [3.8, 4) is 11.6 Å². The summed E-state index contributed by atoms with van der Waals surface area (Å²) < 4.78 is 17.2. The summed E-state index contributed by atoms with van der Waals surface area (Å²) in [5.41, 5.74) is 1.03. The molecule has 7 nitrogen and oxygen atoms in total. The maximum Gasteiger partial charge on any atom is 0.213 e. The Morgan fingerprint density at radius 3 is 2.70 bits per heavy atom. The van der Waals surface area contributed by atoms with Crippen molar-refractivity contribution in [1.29, 1.82) is 0 Å². The Labute approximate surface area is 177 Å². The number of pyridine rings is 1. The summed E-state index contributed by atoms with van der Waals surface area (Å²) in [6.07, 6.45) is 5.95. The Morgan fingerprint density at radius 1 is 1.13 bits per heavy atom. The van der Waals surface area contributed by atoms with Crippen molar-refractivity contribution in [1.82, 2.24) is 15.6 Å². The first-order chi connectivity index (χ1) is 14.8. The van der Waals surface area contributed by atoms with Crippen LogP contribution in [0.15, 0.2) is 53.7 Å². The number of nitrogens with one attached hydrogen (secondary N) is 2. The van der Waals surface area contributed by atoms with Gasteiger partial charge in [-0.15, -0.1) is 0 Å². The number of guanidine groups is 1. The minimum atomic E-state index is 0.322. The van der Waals surface area contributed by atoms with Crippen LogP contribution in [0.1, 0.15) is 31.7 Å². The molecule has 0 radical (unpaired) electrons. The number of aliphatic imine (C=N–C) groups is 1. The number of fused-ring (bicyclic) bond motifs is 2. The van der Waals surface area contributed by atoms with Crippen molar-refractivity contribution in [2.24, 2.45) is 4.99 Å². The van der Waals surface area contributed by atoms with Gasteiger partial charge in [-0.3, -0.25) is 0 Å². The molecule has 2 N–H and O–H groups in total. The van der Waals surface area contributed by atoms with E-state index in [4.69, 9.17) is 19.2 Å². The second-order valence-corrected chi connectivity index (χ2v) is 7.57. The first-order valence-electron chi connectivity index (χ1n) is 10.8. The van der Waals surface area contributed by atoms with Gasteiger partial charge in [0.05, 0.1) is 24.8 Å². The van der Waals surface area contributed by atoms with Crippen molar-refractivity contribution < 1.29 is 14.2 Å². The lowest BCUT2D eigenvalue weighted by molar-refractivity contribution is 0.0992. The third-order valence-corrected chi connectivity index (χ3v) is 5.33. The van der Waals surface area contributed by atoms with Crippen LogP contribution in [0.25, 0.3) is 0 Å². The molecular weight excluding hydrogens is 380 g/mol. The standard InChI is InChI=1S/C23H30N4O3/c1-2-24-23(27-20-14-19-9-10-21(20)30-19)26-16-17-8-11-22(25-15-17)29-13-12-28-18-6-4-3-5-7-18/h3-8,11,15,19-21H,2,9-10,12-14,16H2,1H3,(H2,24,26,27). The second kappa shape index (κ2) is 10.3. The van der Waals surface area contributed by atoms with Crippen molar-refractivity contribution in [2.75, 3.05) is 19.8 Å². The summed E-state index contributed by atoms with van der Waals surface area (Å²) in [6.45, 7) is 4.37. The van der Waals surface area contributed by atoms with Crippen LogP contribution in [0.4, 0.5) is 0 Å². The van der Waals surface area contributed by atoms with E-state index < -0.39 is 0 Å². The maximum atomic E-state index is 5.93. The van der Waals surface area contributed by atoms with Crippen LogP contribution in [-0.4, -0.2) is 49.0 Å². The fraction of sp³-hybridized carbons (Fsp3) is 0.478. The molecule has 2 fully saturated rings. The molecule has 3 atom stereocenters. The average Bonchev–Trinajstić information content (AvgIpc) is 3.40. The first-order valence-corrected chi connectivity index (χ1v) is 10.8. The zero-order valence-electron chi connectivity index (χ0n) is 17.4. The van der Waals surface area contributed by atoms with Gasteiger partial charge in [-0.25, -0.2) is 9.98 Å². The molecule has 4 rings (SSSR count). The molecular formula is C23H30N4O3. The second-order valence-electron chi connectivity index (χ2n) is 7.57. The van der Waals surface area contributed by atoms with E-state index in [1.54, 1.807) is 6.20 Å². The highest BCUT2D eigenvalue weighted by atomic mass is 16.5. The molecule has 3 heterocycles. The van der Waals surface area contributed by atoms with Crippen molar-refractivity contribution in [2.45, 2.75) is 51.0 Å². The van der Waals surface area contributed by atoms with Gasteiger partial charge in [0.2, 0.25) is 5.88 Å². The van der Waals surface area contributed by atoms with Gasteiger partial charge >= 0.3 is 0 Å². The monoisotopic (exact) mass is 410 g/mol. The number of hydrogen-bond donors (Lipinski definition) is 2. The molecule has 2 saturated heterocycles. The Hall–Kier alpha value is -2.80. The molecule has 2 aliphatic heterocycles. The highest BCUT2D eigenvalue weighted by Gasteiger charge is 2.41. The van der Waals surface area contributed by atoms with E-state index >= 15 is 0 Å². The summed E-state index contributed by atoms with van der Waals surface area (Å²) in [4.78, 5) is 9.08. The van der Waals surface area contributed by atoms with Gasteiger partial charge in [-0.05, 0) is 43.9 Å². The van der Waals surface area contributed by atoms with Gasteiger partial charge in [-0.2, -0.15) is 0 Å². The molecule has 2 aliphatic rings. The normalized spacial score (nSPS) is 22.7. The third-order valence-electron chi connectivity index (χ3n) is 5.33. The van der Waals surface area contributed by atoms with Crippen LogP contribution >= 0.6 is 0 Å². The van der Waals surface area contributed by atoms with E-state index in [9.17, 15) is 0 Å². The average molecular weight is 411 g/mol. The van der Waals surface area contributed by atoms with Crippen LogP contribution < -0.4 is 20.1 Å². The third kappa shape index (κ3) is 5.63. The predicted molar refractivity (Wildman–Crippen MR) is 116 cm³/mol. The minimum Gasteiger partial charge on any atom is -0.490 e. The highest BCUT2D eigenvalue weighted by Crippen LogP contribution is 2.34. The Balaban J connectivity index is 1.22. The molecule has 30 heavy (non-hydrogen) atoms. The summed E-state index contributed by atoms with van der Waals surface area (Å²) in [5.74, 6) is 2.25. The fourth-order valence-corrected chi connectivity index (χ4v) is 3.87. The number of para-hydroxylation sites is 1. The SMILES string of the molecule is CCNC(=NCc1ccc(OCCOc2ccccc2)nc1)NC1CC2CCC1O2. The topological polar surface area (TPSA) is 77.0 Å². The molecule has 1 aromatic carbocycles. The van der Waals surface area contributed by atoms with Gasteiger partial charge in [-0.1, -0.05) is 24.3 Å². The van der Waals surface area contributed by atoms with Crippen molar-refractivity contribution >= 4 is 5.96 Å². The van der Waals surface area contributed by atoms with Crippen LogP contribution in [0.5, 0.6) is 11.6 Å². The summed E-state index contributed by atoms with van der Waals surface area (Å²) in [5, 5.41) is 6.86. The molecule has 1 aromatic heterocycles. The van der Waals surface area contributed by atoms with Gasteiger partial charge in [0.15, 0.2) is 5.96 Å².